The van der Waals surface area contributed by atoms with Crippen molar-refractivity contribution >= 4 is 11.9 Å². The van der Waals surface area contributed by atoms with Crippen molar-refractivity contribution in [1.29, 1.82) is 0 Å². The molecule has 0 bridgehead atoms. The zero-order valence-corrected chi connectivity index (χ0v) is 14.6. The highest BCUT2D eigenvalue weighted by atomic mass is 16.5. The van der Waals surface area contributed by atoms with Crippen molar-refractivity contribution in [3.63, 3.8) is 0 Å². The van der Waals surface area contributed by atoms with E-state index in [1.54, 1.807) is 13.0 Å². The minimum absolute atomic E-state index is 0.211. The minimum atomic E-state index is -0.998. The highest BCUT2D eigenvalue weighted by molar-refractivity contribution is 5.90. The Balaban J connectivity index is 5.29. The second kappa shape index (κ2) is 12.7. The molecular formula is C19H30O4. The van der Waals surface area contributed by atoms with Gasteiger partial charge in [0.2, 0.25) is 0 Å². The van der Waals surface area contributed by atoms with E-state index >= 15 is 0 Å². The molecule has 0 aliphatic rings. The van der Waals surface area contributed by atoms with Gasteiger partial charge in [0.05, 0.1) is 6.61 Å². The number of aliphatic carboxylic acids is 1. The van der Waals surface area contributed by atoms with Gasteiger partial charge in [0.15, 0.2) is 0 Å². The molecule has 4 nitrogen and oxygen atoms in total. The third kappa shape index (κ3) is 9.01. The molecule has 0 rings (SSSR count). The van der Waals surface area contributed by atoms with E-state index in [4.69, 9.17) is 9.84 Å². The number of carbonyl (C=O) groups excluding carboxylic acids is 1. The van der Waals surface area contributed by atoms with Gasteiger partial charge in [-0.15, -0.1) is 6.58 Å². The maximum atomic E-state index is 12.1. The largest absolute Gasteiger partial charge is 0.478 e. The number of carbonyl (C=O) groups is 2. The Labute approximate surface area is 139 Å². The second-order valence-corrected chi connectivity index (χ2v) is 5.52. The summed E-state index contributed by atoms with van der Waals surface area (Å²) in [6.07, 6.45) is 9.79. The molecule has 0 amide bonds. The molecule has 130 valence electrons. The zero-order valence-electron chi connectivity index (χ0n) is 14.6. The summed E-state index contributed by atoms with van der Waals surface area (Å²) in [7, 11) is 0. The lowest BCUT2D eigenvalue weighted by atomic mass is 9.91. The van der Waals surface area contributed by atoms with Gasteiger partial charge in [-0.3, -0.25) is 0 Å². The lowest BCUT2D eigenvalue weighted by Gasteiger charge is -2.16. The van der Waals surface area contributed by atoms with Crippen LogP contribution in [0.25, 0.3) is 0 Å². The van der Waals surface area contributed by atoms with Gasteiger partial charge >= 0.3 is 11.9 Å². The van der Waals surface area contributed by atoms with Crippen molar-refractivity contribution in [1.82, 2.24) is 0 Å². The van der Waals surface area contributed by atoms with Gasteiger partial charge in [-0.05, 0) is 25.7 Å². The molecule has 0 spiro atoms. The van der Waals surface area contributed by atoms with E-state index in [9.17, 15) is 9.59 Å². The maximum Gasteiger partial charge on any atom is 0.333 e. The first kappa shape index (κ1) is 21.2. The predicted molar refractivity (Wildman–Crippen MR) is 93.2 cm³/mol. The number of hydrogen-bond acceptors (Lipinski definition) is 3. The highest BCUT2D eigenvalue weighted by Gasteiger charge is 2.16. The number of carboxylic acid groups (broad SMARTS) is 1. The van der Waals surface area contributed by atoms with Gasteiger partial charge in [-0.25, -0.2) is 9.59 Å². The lowest BCUT2D eigenvalue weighted by Crippen LogP contribution is -2.12. The molecule has 0 aliphatic carbocycles. The summed E-state index contributed by atoms with van der Waals surface area (Å²) in [6, 6.07) is 0. The SMILES string of the molecule is C=CCC(=CC=C(CC(CC)CCCC)C(=O)OCC)C(=O)O. The van der Waals surface area contributed by atoms with E-state index in [2.05, 4.69) is 20.4 Å². The van der Waals surface area contributed by atoms with Crippen molar-refractivity contribution in [2.24, 2.45) is 5.92 Å². The third-order valence-corrected chi connectivity index (χ3v) is 3.71. The maximum absolute atomic E-state index is 12.1. The summed E-state index contributed by atoms with van der Waals surface area (Å²) in [5, 5.41) is 9.14. The standard InChI is InChI=1S/C19H30O4/c1-5-9-11-15(7-3)14-17(19(22)23-8-4)13-12-16(10-6-2)18(20)21/h6,12-13,15H,2,5,7-11,14H2,1,3-4H3,(H,20,21). The van der Waals surface area contributed by atoms with Crippen LogP contribution in [0.5, 0.6) is 0 Å². The quantitative estimate of drug-likeness (QED) is 0.245. The number of rotatable bonds is 12. The topological polar surface area (TPSA) is 63.6 Å². The molecule has 0 saturated heterocycles. The summed E-state index contributed by atoms with van der Waals surface area (Å²) in [5.41, 5.74) is 0.751. The van der Waals surface area contributed by atoms with Crippen LogP contribution in [0.1, 0.15) is 59.3 Å². The Bertz CT molecular complexity index is 446. The summed E-state index contributed by atoms with van der Waals surface area (Å²) in [5.74, 6) is -0.948. The fourth-order valence-corrected chi connectivity index (χ4v) is 2.28. The molecule has 1 N–H and O–H groups in total. The van der Waals surface area contributed by atoms with Crippen LogP contribution in [0, 0.1) is 5.92 Å². The van der Waals surface area contributed by atoms with Crippen LogP contribution < -0.4 is 0 Å². The average Bonchev–Trinajstić information content (AvgIpc) is 2.52. The highest BCUT2D eigenvalue weighted by Crippen LogP contribution is 2.22. The van der Waals surface area contributed by atoms with E-state index in [1.165, 1.54) is 12.2 Å². The molecule has 0 aromatic carbocycles. The fraction of sp³-hybridized carbons (Fsp3) is 0.579. The van der Waals surface area contributed by atoms with E-state index < -0.39 is 5.97 Å². The first-order chi connectivity index (χ1) is 11.0. The molecule has 1 unspecified atom stereocenters. The summed E-state index contributed by atoms with van der Waals surface area (Å²) < 4.78 is 5.10. The predicted octanol–water partition coefficient (Wildman–Crippen LogP) is 4.67. The number of ether oxygens (including phenoxy) is 1. The Hall–Kier alpha value is -1.84. The van der Waals surface area contributed by atoms with Crippen molar-refractivity contribution < 1.29 is 19.4 Å². The smallest absolute Gasteiger partial charge is 0.333 e. The van der Waals surface area contributed by atoms with Crippen LogP contribution in [0.4, 0.5) is 0 Å². The van der Waals surface area contributed by atoms with Crippen LogP contribution >= 0.6 is 0 Å². The Kier molecular flexibility index (Phi) is 11.7. The number of carboxylic acids is 1. The number of hydrogen-bond donors (Lipinski definition) is 1. The Morgan fingerprint density at radius 1 is 1.17 bits per heavy atom. The Morgan fingerprint density at radius 2 is 1.83 bits per heavy atom. The Morgan fingerprint density at radius 3 is 2.30 bits per heavy atom. The van der Waals surface area contributed by atoms with E-state index in [0.717, 1.165) is 25.7 Å². The monoisotopic (exact) mass is 322 g/mol. The molecule has 0 radical (unpaired) electrons. The number of esters is 1. The van der Waals surface area contributed by atoms with Crippen molar-refractivity contribution in [2.75, 3.05) is 6.61 Å². The molecule has 1 atom stereocenters. The molecule has 0 fully saturated rings. The van der Waals surface area contributed by atoms with Crippen LogP contribution in [-0.2, 0) is 14.3 Å². The molecule has 0 aliphatic heterocycles. The van der Waals surface area contributed by atoms with Gasteiger partial charge in [-0.1, -0.05) is 57.8 Å². The molecule has 0 heterocycles. The first-order valence-electron chi connectivity index (χ1n) is 8.41. The summed E-state index contributed by atoms with van der Waals surface area (Å²) in [6.45, 7) is 9.88. The third-order valence-electron chi connectivity index (χ3n) is 3.71. The normalized spacial score (nSPS) is 13.5. The summed E-state index contributed by atoms with van der Waals surface area (Å²) >= 11 is 0. The molecule has 4 heteroatoms. The number of unbranched alkanes of at least 4 members (excludes halogenated alkanes) is 1. The molecule has 0 aromatic heterocycles. The van der Waals surface area contributed by atoms with Gasteiger partial charge in [-0.2, -0.15) is 0 Å². The van der Waals surface area contributed by atoms with Crippen LogP contribution in [0.2, 0.25) is 0 Å². The van der Waals surface area contributed by atoms with Crippen LogP contribution in [-0.4, -0.2) is 23.7 Å². The van der Waals surface area contributed by atoms with Crippen LogP contribution in [0.3, 0.4) is 0 Å². The van der Waals surface area contributed by atoms with E-state index in [0.29, 0.717) is 24.5 Å². The van der Waals surface area contributed by atoms with Gasteiger partial charge in [0, 0.05) is 11.1 Å². The zero-order chi connectivity index (χ0) is 17.7. The van der Waals surface area contributed by atoms with E-state index in [1.807, 2.05) is 0 Å². The van der Waals surface area contributed by atoms with Gasteiger partial charge in [0.1, 0.15) is 0 Å². The molecule has 0 aromatic rings. The second-order valence-electron chi connectivity index (χ2n) is 5.52. The lowest BCUT2D eigenvalue weighted by molar-refractivity contribution is -0.139. The van der Waals surface area contributed by atoms with Crippen molar-refractivity contribution in [2.45, 2.75) is 59.3 Å². The van der Waals surface area contributed by atoms with Gasteiger partial charge < -0.3 is 9.84 Å². The molecular weight excluding hydrogens is 292 g/mol. The minimum Gasteiger partial charge on any atom is -0.478 e. The van der Waals surface area contributed by atoms with Crippen molar-refractivity contribution in [3.05, 3.63) is 36.0 Å². The first-order valence-corrected chi connectivity index (χ1v) is 8.41. The molecule has 23 heavy (non-hydrogen) atoms. The average molecular weight is 322 g/mol. The summed E-state index contributed by atoms with van der Waals surface area (Å²) in [4.78, 5) is 23.3. The van der Waals surface area contributed by atoms with Crippen molar-refractivity contribution in [3.8, 4) is 0 Å². The molecule has 0 saturated carbocycles. The fourth-order valence-electron chi connectivity index (χ4n) is 2.28. The number of allylic oxidation sites excluding steroid dienone is 3. The van der Waals surface area contributed by atoms with E-state index in [-0.39, 0.29) is 18.0 Å². The van der Waals surface area contributed by atoms with Gasteiger partial charge in [0.25, 0.3) is 0 Å². The van der Waals surface area contributed by atoms with Crippen LogP contribution in [0.15, 0.2) is 36.0 Å².